The summed E-state index contributed by atoms with van der Waals surface area (Å²) in [6, 6.07) is 3.36. The van der Waals surface area contributed by atoms with Crippen molar-refractivity contribution in [3.8, 4) is 0 Å². The van der Waals surface area contributed by atoms with Gasteiger partial charge in [0.2, 0.25) is 0 Å². The average Bonchev–Trinajstić information content (AvgIpc) is 2.18. The third-order valence-corrected chi connectivity index (χ3v) is 2.02. The van der Waals surface area contributed by atoms with Gasteiger partial charge in [0.25, 0.3) is 0 Å². The molecule has 15 heavy (non-hydrogen) atoms. The fraction of sp³-hybridized carbons (Fsp3) is 0.333. The molecule has 0 amide bonds. The molecule has 0 radical (unpaired) electrons. The van der Waals surface area contributed by atoms with E-state index >= 15 is 0 Å². The molecule has 0 saturated carbocycles. The molecule has 80 valence electrons. The van der Waals surface area contributed by atoms with Gasteiger partial charge in [0.1, 0.15) is 0 Å². The van der Waals surface area contributed by atoms with E-state index in [4.69, 9.17) is 5.11 Å². The van der Waals surface area contributed by atoms with Gasteiger partial charge in [0.15, 0.2) is 0 Å². The topological polar surface area (TPSA) is 50.2 Å². The number of nitrogens with zero attached hydrogens (tertiary/aromatic N) is 1. The zero-order valence-electron chi connectivity index (χ0n) is 9.03. The van der Waals surface area contributed by atoms with E-state index in [1.807, 2.05) is 0 Å². The normalized spacial score (nSPS) is 9.73. The number of rotatable bonds is 4. The number of carbonyl (C=O) groups is 1. The van der Waals surface area contributed by atoms with Crippen molar-refractivity contribution in [1.29, 1.82) is 0 Å². The van der Waals surface area contributed by atoms with Crippen molar-refractivity contribution in [3.05, 3.63) is 41.2 Å². The summed E-state index contributed by atoms with van der Waals surface area (Å²) in [7, 11) is 0. The lowest BCUT2D eigenvalue weighted by Crippen LogP contribution is -1.98. The van der Waals surface area contributed by atoms with Crippen LogP contribution in [0.25, 0.3) is 0 Å². The highest BCUT2D eigenvalue weighted by Crippen LogP contribution is 2.04. The molecule has 0 bridgehead atoms. The third-order valence-electron chi connectivity index (χ3n) is 2.02. The van der Waals surface area contributed by atoms with E-state index in [2.05, 4.69) is 24.9 Å². The lowest BCUT2D eigenvalue weighted by atomic mass is 10.1. The Morgan fingerprint density at radius 1 is 1.47 bits per heavy atom. The molecule has 1 N–H and O–H groups in total. The van der Waals surface area contributed by atoms with Gasteiger partial charge in [-0.15, -0.1) is 0 Å². The Bertz CT molecular complexity index is 362. The van der Waals surface area contributed by atoms with Crippen LogP contribution in [0.15, 0.2) is 30.0 Å². The zero-order valence-corrected chi connectivity index (χ0v) is 9.03. The Morgan fingerprint density at radius 3 is 2.67 bits per heavy atom. The summed E-state index contributed by atoms with van der Waals surface area (Å²) in [4.78, 5) is 14.7. The summed E-state index contributed by atoms with van der Waals surface area (Å²) in [5.41, 5.74) is 2.45. The molecule has 3 nitrogen and oxygen atoms in total. The number of hydrogen-bond acceptors (Lipinski definition) is 2. The summed E-state index contributed by atoms with van der Waals surface area (Å²) in [6.45, 7) is 4.11. The summed E-state index contributed by atoms with van der Waals surface area (Å²) in [5.74, 6) is -0.932. The second-order valence-electron chi connectivity index (χ2n) is 3.66. The maximum absolute atomic E-state index is 10.6. The first kappa shape index (κ1) is 11.4. The predicted octanol–water partition coefficient (Wildman–Crippen LogP) is 2.68. The molecule has 1 aromatic rings. The van der Waals surface area contributed by atoms with Crippen molar-refractivity contribution in [2.45, 2.75) is 26.7 Å². The number of hydrogen-bond donors (Lipinski definition) is 1. The molecular weight excluding hydrogens is 190 g/mol. The van der Waals surface area contributed by atoms with Crippen molar-refractivity contribution in [1.82, 2.24) is 4.98 Å². The molecule has 1 rings (SSSR count). The number of carboxylic acid groups (broad SMARTS) is 1. The lowest BCUT2D eigenvalue weighted by molar-refractivity contribution is 0.0696. The molecule has 1 aromatic heterocycles. The minimum absolute atomic E-state index is 0.237. The highest BCUT2D eigenvalue weighted by atomic mass is 16.4. The van der Waals surface area contributed by atoms with E-state index in [0.29, 0.717) is 0 Å². The van der Waals surface area contributed by atoms with Crippen LogP contribution in [0.5, 0.6) is 0 Å². The first-order chi connectivity index (χ1) is 7.09. The van der Waals surface area contributed by atoms with Gasteiger partial charge in [0, 0.05) is 11.9 Å². The van der Waals surface area contributed by atoms with Crippen LogP contribution in [0, 0.1) is 0 Å². The quantitative estimate of drug-likeness (QED) is 0.769. The first-order valence-electron chi connectivity index (χ1n) is 4.91. The van der Waals surface area contributed by atoms with Gasteiger partial charge >= 0.3 is 5.97 Å². The molecule has 0 fully saturated rings. The molecule has 0 aliphatic heterocycles. The second kappa shape index (κ2) is 5.29. The lowest BCUT2D eigenvalue weighted by Gasteiger charge is -1.98. The van der Waals surface area contributed by atoms with E-state index in [9.17, 15) is 4.79 Å². The Labute approximate surface area is 89.5 Å². The van der Waals surface area contributed by atoms with Gasteiger partial charge in [-0.3, -0.25) is 4.98 Å². The van der Waals surface area contributed by atoms with Gasteiger partial charge in [-0.05, 0) is 38.8 Å². The van der Waals surface area contributed by atoms with E-state index in [1.165, 1.54) is 11.8 Å². The van der Waals surface area contributed by atoms with Gasteiger partial charge in [-0.25, -0.2) is 4.79 Å². The molecule has 0 aromatic carbocycles. The first-order valence-corrected chi connectivity index (χ1v) is 4.91. The van der Waals surface area contributed by atoms with E-state index in [0.717, 1.165) is 18.5 Å². The molecule has 3 heteroatoms. The Hall–Kier alpha value is -1.64. The van der Waals surface area contributed by atoms with Crippen molar-refractivity contribution >= 4 is 5.97 Å². The molecule has 0 saturated heterocycles. The number of aromatic nitrogens is 1. The smallest absolute Gasteiger partial charge is 0.337 e. The number of aromatic carboxylic acids is 1. The van der Waals surface area contributed by atoms with Crippen LogP contribution >= 0.6 is 0 Å². The van der Waals surface area contributed by atoms with Crippen LogP contribution in [0.4, 0.5) is 0 Å². The van der Waals surface area contributed by atoms with Crippen molar-refractivity contribution in [2.75, 3.05) is 0 Å². The fourth-order valence-electron chi connectivity index (χ4n) is 1.21. The van der Waals surface area contributed by atoms with E-state index < -0.39 is 5.97 Å². The zero-order chi connectivity index (χ0) is 11.3. The monoisotopic (exact) mass is 205 g/mol. The van der Waals surface area contributed by atoms with Crippen LogP contribution in [0.3, 0.4) is 0 Å². The van der Waals surface area contributed by atoms with Crippen LogP contribution in [-0.2, 0) is 6.42 Å². The fourth-order valence-corrected chi connectivity index (χ4v) is 1.21. The van der Waals surface area contributed by atoms with E-state index in [-0.39, 0.29) is 5.56 Å². The minimum atomic E-state index is -0.932. The van der Waals surface area contributed by atoms with Crippen molar-refractivity contribution in [2.24, 2.45) is 0 Å². The number of aryl methyl sites for hydroxylation is 1. The summed E-state index contributed by atoms with van der Waals surface area (Å²) in [5, 5.41) is 8.68. The number of carboxylic acids is 1. The second-order valence-corrected chi connectivity index (χ2v) is 3.66. The summed E-state index contributed by atoms with van der Waals surface area (Å²) in [6.07, 6.45) is 5.35. The Morgan fingerprint density at radius 2 is 2.20 bits per heavy atom. The average molecular weight is 205 g/mol. The highest BCUT2D eigenvalue weighted by molar-refractivity contribution is 5.87. The largest absolute Gasteiger partial charge is 0.478 e. The van der Waals surface area contributed by atoms with Gasteiger partial charge in [-0.1, -0.05) is 11.6 Å². The van der Waals surface area contributed by atoms with Crippen molar-refractivity contribution in [3.63, 3.8) is 0 Å². The van der Waals surface area contributed by atoms with Crippen LogP contribution in [-0.4, -0.2) is 16.1 Å². The third kappa shape index (κ3) is 3.94. The molecule has 0 aliphatic carbocycles. The Balaban J connectivity index is 2.57. The molecular formula is C12H15NO2. The number of pyridine rings is 1. The standard InChI is InChI=1S/C12H15NO2/c1-9(2)4-3-5-11-7-6-10(8-13-11)12(14)15/h4,6-8H,3,5H2,1-2H3,(H,14,15). The van der Waals surface area contributed by atoms with Gasteiger partial charge in [0.05, 0.1) is 5.56 Å². The molecule has 0 unspecified atom stereocenters. The molecule has 0 aliphatic rings. The summed E-state index contributed by atoms with van der Waals surface area (Å²) >= 11 is 0. The Kier molecular flexibility index (Phi) is 4.03. The highest BCUT2D eigenvalue weighted by Gasteiger charge is 2.01. The summed E-state index contributed by atoms with van der Waals surface area (Å²) < 4.78 is 0. The van der Waals surface area contributed by atoms with E-state index in [1.54, 1.807) is 12.1 Å². The van der Waals surface area contributed by atoms with Gasteiger partial charge in [-0.2, -0.15) is 0 Å². The number of allylic oxidation sites excluding steroid dienone is 2. The van der Waals surface area contributed by atoms with Crippen LogP contribution in [0.1, 0.15) is 36.3 Å². The van der Waals surface area contributed by atoms with Crippen LogP contribution < -0.4 is 0 Å². The maximum Gasteiger partial charge on any atom is 0.337 e. The predicted molar refractivity (Wildman–Crippen MR) is 58.9 cm³/mol. The maximum atomic E-state index is 10.6. The molecule has 1 heterocycles. The van der Waals surface area contributed by atoms with Crippen molar-refractivity contribution < 1.29 is 9.90 Å². The van der Waals surface area contributed by atoms with Crippen LogP contribution in [0.2, 0.25) is 0 Å². The minimum Gasteiger partial charge on any atom is -0.478 e. The molecule has 0 spiro atoms. The molecule has 0 atom stereocenters. The SMILES string of the molecule is CC(C)=CCCc1ccc(C(=O)O)cn1. The van der Waals surface area contributed by atoms with Gasteiger partial charge < -0.3 is 5.11 Å².